The molecule has 0 spiro atoms. The first kappa shape index (κ1) is 21.0. The second-order valence-electron chi connectivity index (χ2n) is 5.95. The van der Waals surface area contributed by atoms with E-state index in [9.17, 15) is 4.57 Å². The minimum Gasteiger partial charge on any atom is -0.413 e. The third-order valence-electron chi connectivity index (χ3n) is 3.49. The third kappa shape index (κ3) is 6.40. The van der Waals surface area contributed by atoms with Gasteiger partial charge in [-0.15, -0.1) is 23.2 Å². The van der Waals surface area contributed by atoms with E-state index >= 15 is 0 Å². The first-order valence-electron chi connectivity index (χ1n) is 8.07. The highest BCUT2D eigenvalue weighted by Gasteiger charge is 2.39. The third-order valence-corrected chi connectivity index (χ3v) is 5.83. The fraction of sp³-hybridized carbons (Fsp3) is 0.625. The predicted molar refractivity (Wildman–Crippen MR) is 98.5 cm³/mol. The van der Waals surface area contributed by atoms with Gasteiger partial charge in [-0.2, -0.15) is 4.67 Å². The van der Waals surface area contributed by atoms with Gasteiger partial charge in [-0.3, -0.25) is 4.52 Å². The van der Waals surface area contributed by atoms with E-state index in [2.05, 4.69) is 0 Å². The van der Waals surface area contributed by atoms with Crippen molar-refractivity contribution in [2.24, 2.45) is 0 Å². The molecule has 1 aromatic rings. The summed E-state index contributed by atoms with van der Waals surface area (Å²) in [6, 6.07) is 8.87. The average molecular weight is 412 g/mol. The van der Waals surface area contributed by atoms with E-state index in [1.165, 1.54) is 0 Å². The molecule has 2 atom stereocenters. The lowest BCUT2D eigenvalue weighted by molar-refractivity contribution is -0.141. The smallest absolute Gasteiger partial charge is 0.413 e. The molecule has 1 aromatic carbocycles. The van der Waals surface area contributed by atoms with Gasteiger partial charge in [0.25, 0.3) is 0 Å². The Bertz CT molecular complexity index is 569. The summed E-state index contributed by atoms with van der Waals surface area (Å²) in [6.45, 7) is 4.73. The number of para-hydroxylation sites is 1. The minimum absolute atomic E-state index is 0.0780. The summed E-state index contributed by atoms with van der Waals surface area (Å²) >= 11 is 11.7. The Morgan fingerprint density at radius 2 is 1.88 bits per heavy atom. The molecular formula is C16H24Cl2NO5P. The van der Waals surface area contributed by atoms with Crippen LogP contribution in [-0.2, 0) is 18.6 Å². The number of alkyl halides is 2. The SMILES string of the molecule is CC1(C)OCC(COP(=O)(Oc2ccccc2)N(CCCl)CCCl)O1. The maximum atomic E-state index is 13.4. The normalized spacial score (nSPS) is 22.0. The van der Waals surface area contributed by atoms with E-state index in [0.29, 0.717) is 25.4 Å². The van der Waals surface area contributed by atoms with E-state index in [4.69, 9.17) is 41.7 Å². The number of benzene rings is 1. The van der Waals surface area contributed by atoms with Crippen molar-refractivity contribution in [3.05, 3.63) is 30.3 Å². The number of hydrogen-bond acceptors (Lipinski definition) is 5. The number of nitrogens with zero attached hydrogens (tertiary/aromatic N) is 1. The highest BCUT2D eigenvalue weighted by atomic mass is 35.5. The molecule has 0 N–H and O–H groups in total. The van der Waals surface area contributed by atoms with E-state index < -0.39 is 13.5 Å². The van der Waals surface area contributed by atoms with Crippen molar-refractivity contribution < 1.29 is 23.1 Å². The molecule has 0 saturated carbocycles. The zero-order valence-corrected chi connectivity index (χ0v) is 16.8. The van der Waals surface area contributed by atoms with Gasteiger partial charge < -0.3 is 14.0 Å². The molecular weight excluding hydrogens is 388 g/mol. The van der Waals surface area contributed by atoms with Gasteiger partial charge in [-0.25, -0.2) is 4.57 Å². The van der Waals surface area contributed by atoms with E-state index in [-0.39, 0.29) is 24.5 Å². The van der Waals surface area contributed by atoms with Crippen LogP contribution in [-0.4, -0.2) is 54.6 Å². The number of halogens is 2. The van der Waals surface area contributed by atoms with Crippen LogP contribution < -0.4 is 4.52 Å². The molecule has 1 aliphatic rings. The Labute approximate surface area is 158 Å². The molecule has 1 aliphatic heterocycles. The molecule has 0 amide bonds. The van der Waals surface area contributed by atoms with Gasteiger partial charge in [0.2, 0.25) is 0 Å². The summed E-state index contributed by atoms with van der Waals surface area (Å²) in [5, 5.41) is 0. The minimum atomic E-state index is -3.65. The summed E-state index contributed by atoms with van der Waals surface area (Å²) in [5.74, 6) is 0.324. The summed E-state index contributed by atoms with van der Waals surface area (Å²) in [7, 11) is -3.65. The van der Waals surface area contributed by atoms with Crippen molar-refractivity contribution in [3.63, 3.8) is 0 Å². The van der Waals surface area contributed by atoms with Crippen LogP contribution in [0.15, 0.2) is 30.3 Å². The van der Waals surface area contributed by atoms with Gasteiger partial charge in [-0.1, -0.05) is 18.2 Å². The summed E-state index contributed by atoms with van der Waals surface area (Å²) in [4.78, 5) is 0. The van der Waals surface area contributed by atoms with Gasteiger partial charge in [0.15, 0.2) is 5.79 Å². The first-order valence-corrected chi connectivity index (χ1v) is 10.6. The van der Waals surface area contributed by atoms with Crippen molar-refractivity contribution in [3.8, 4) is 5.75 Å². The lowest BCUT2D eigenvalue weighted by Crippen LogP contribution is -2.31. The Balaban J connectivity index is 2.11. The van der Waals surface area contributed by atoms with E-state index in [1.807, 2.05) is 19.9 Å². The molecule has 0 aliphatic carbocycles. The fourth-order valence-corrected chi connectivity index (χ4v) is 4.76. The molecule has 1 saturated heterocycles. The summed E-state index contributed by atoms with van der Waals surface area (Å²) in [5.41, 5.74) is 0. The number of hydrogen-bond donors (Lipinski definition) is 0. The van der Waals surface area contributed by atoms with E-state index in [1.54, 1.807) is 28.9 Å². The summed E-state index contributed by atoms with van der Waals surface area (Å²) < 4.78 is 37.6. The van der Waals surface area contributed by atoms with Crippen LogP contribution in [0.1, 0.15) is 13.8 Å². The predicted octanol–water partition coefficient (Wildman–Crippen LogP) is 4.12. The first-order chi connectivity index (χ1) is 11.9. The lowest BCUT2D eigenvalue weighted by atomic mass is 10.3. The van der Waals surface area contributed by atoms with E-state index in [0.717, 1.165) is 0 Å². The van der Waals surface area contributed by atoms with Crippen LogP contribution in [0, 0.1) is 0 Å². The molecule has 0 aromatic heterocycles. The molecule has 2 rings (SSSR count). The van der Waals surface area contributed by atoms with Gasteiger partial charge in [0.05, 0.1) is 13.2 Å². The number of ether oxygens (including phenoxy) is 2. The molecule has 142 valence electrons. The van der Waals surface area contributed by atoms with Crippen molar-refractivity contribution in [2.45, 2.75) is 25.7 Å². The topological polar surface area (TPSA) is 57.2 Å². The second kappa shape index (κ2) is 9.56. The van der Waals surface area contributed by atoms with Crippen LogP contribution in [0.3, 0.4) is 0 Å². The molecule has 1 heterocycles. The molecule has 6 nitrogen and oxygen atoms in total. The van der Waals surface area contributed by atoms with Gasteiger partial charge >= 0.3 is 7.75 Å². The van der Waals surface area contributed by atoms with Crippen LogP contribution in [0.5, 0.6) is 5.75 Å². The van der Waals surface area contributed by atoms with Crippen molar-refractivity contribution in [1.82, 2.24) is 4.67 Å². The summed E-state index contributed by atoms with van der Waals surface area (Å²) in [6.07, 6.45) is -0.323. The zero-order valence-electron chi connectivity index (χ0n) is 14.4. The Kier molecular flexibility index (Phi) is 8.02. The maximum absolute atomic E-state index is 13.4. The van der Waals surface area contributed by atoms with Crippen molar-refractivity contribution in [2.75, 3.05) is 38.1 Å². The fourth-order valence-electron chi connectivity index (χ4n) is 2.35. The lowest BCUT2D eigenvalue weighted by Gasteiger charge is -2.30. The highest BCUT2D eigenvalue weighted by Crippen LogP contribution is 2.52. The maximum Gasteiger partial charge on any atom is 0.461 e. The molecule has 9 heteroatoms. The largest absolute Gasteiger partial charge is 0.461 e. The molecule has 0 bridgehead atoms. The van der Waals surface area contributed by atoms with Gasteiger partial charge in [0, 0.05) is 24.8 Å². The Morgan fingerprint density at radius 1 is 1.24 bits per heavy atom. The van der Waals surface area contributed by atoms with Gasteiger partial charge in [0.1, 0.15) is 11.9 Å². The van der Waals surface area contributed by atoms with Crippen LogP contribution in [0.2, 0.25) is 0 Å². The van der Waals surface area contributed by atoms with Crippen LogP contribution >= 0.6 is 30.9 Å². The quantitative estimate of drug-likeness (QED) is 0.426. The number of rotatable bonds is 10. The molecule has 1 fully saturated rings. The Hall–Kier alpha value is -0.330. The van der Waals surface area contributed by atoms with Crippen LogP contribution in [0.25, 0.3) is 0 Å². The van der Waals surface area contributed by atoms with Crippen LogP contribution in [0.4, 0.5) is 0 Å². The molecule has 2 unspecified atom stereocenters. The van der Waals surface area contributed by atoms with Crippen molar-refractivity contribution in [1.29, 1.82) is 0 Å². The average Bonchev–Trinajstić information content (AvgIpc) is 2.93. The Morgan fingerprint density at radius 3 is 2.40 bits per heavy atom. The van der Waals surface area contributed by atoms with Gasteiger partial charge in [-0.05, 0) is 26.0 Å². The molecule has 25 heavy (non-hydrogen) atoms. The monoisotopic (exact) mass is 411 g/mol. The highest BCUT2D eigenvalue weighted by molar-refractivity contribution is 7.51. The standard InChI is InChI=1S/C16H24Cl2NO5P/c1-16(2)21-12-15(23-16)13-22-25(20,19(10-8-17)11-9-18)24-14-6-4-3-5-7-14/h3-7,15H,8-13H2,1-2H3. The van der Waals surface area contributed by atoms with Crippen molar-refractivity contribution >= 4 is 30.9 Å². The zero-order chi connectivity index (χ0) is 18.3. The second-order valence-corrected chi connectivity index (χ2v) is 8.65. The molecule has 0 radical (unpaired) electrons.